The second-order valence-electron chi connectivity index (χ2n) is 23.1. The van der Waals surface area contributed by atoms with Crippen molar-refractivity contribution in [3.63, 3.8) is 0 Å². The summed E-state index contributed by atoms with van der Waals surface area (Å²) in [6.07, 6.45) is -1.46. The zero-order valence-corrected chi connectivity index (χ0v) is 51.9. The van der Waals surface area contributed by atoms with Gasteiger partial charge in [0.05, 0.1) is 18.2 Å². The highest BCUT2D eigenvalue weighted by atomic mass is 35.5. The van der Waals surface area contributed by atoms with Gasteiger partial charge < -0.3 is 81.4 Å². The largest absolute Gasteiger partial charge is 0.391 e. The van der Waals surface area contributed by atoms with Gasteiger partial charge in [0.2, 0.25) is 47.3 Å². The molecule has 0 saturated carbocycles. The Labute approximate surface area is 511 Å². The van der Waals surface area contributed by atoms with E-state index in [9.17, 15) is 63.0 Å². The summed E-state index contributed by atoms with van der Waals surface area (Å²) in [5.41, 5.74) is 30.1. The van der Waals surface area contributed by atoms with Gasteiger partial charge in [-0.3, -0.25) is 52.7 Å². The number of aliphatic hydroxyl groups is 2. The van der Waals surface area contributed by atoms with E-state index in [4.69, 9.17) is 40.3 Å². The number of rotatable bonds is 31. The number of aliphatic hydroxyl groups excluding tert-OH is 2. The quantitative estimate of drug-likeness (QED) is 0.0383. The highest BCUT2D eigenvalue weighted by Gasteiger charge is 2.38. The number of nitrogens with one attached hydrogen (secondary N) is 8. The molecule has 1 saturated heterocycles. The Bertz CT molecular complexity index is 2360. The smallest absolute Gasteiger partial charge is 0.245 e. The Morgan fingerprint density at radius 3 is 1.71 bits per heavy atom. The number of ketones is 3. The molecule has 27 heteroatoms. The van der Waals surface area contributed by atoms with E-state index in [1.165, 1.54) is 13.8 Å². The zero-order valence-electron chi connectivity index (χ0n) is 51.1. The van der Waals surface area contributed by atoms with Crippen molar-refractivity contribution in [3.8, 4) is 0 Å². The summed E-state index contributed by atoms with van der Waals surface area (Å²) in [5, 5.41) is 42.8. The van der Waals surface area contributed by atoms with Crippen LogP contribution in [0.4, 0.5) is 0 Å². The molecule has 0 radical (unpaired) electrons. The van der Waals surface area contributed by atoms with Crippen molar-refractivity contribution in [2.75, 3.05) is 39.3 Å². The number of Topliss-reactive ketones (excluding diaryl/α,β-unsaturated/α-hetero) is 3. The molecule has 486 valence electrons. The van der Waals surface area contributed by atoms with Crippen LogP contribution in [0.5, 0.6) is 0 Å². The van der Waals surface area contributed by atoms with Crippen molar-refractivity contribution in [1.82, 2.24) is 42.5 Å². The second-order valence-corrected chi connectivity index (χ2v) is 23.6. The molecule has 1 aliphatic heterocycles. The zero-order chi connectivity index (χ0) is 64.6. The first-order valence-corrected chi connectivity index (χ1v) is 30.7. The van der Waals surface area contributed by atoms with Crippen molar-refractivity contribution in [2.45, 2.75) is 199 Å². The van der Waals surface area contributed by atoms with Gasteiger partial charge in [0.1, 0.15) is 42.0 Å². The number of nitrogens with two attached hydrogens (primary N) is 5. The molecule has 1 aromatic rings. The fraction of sp³-hybridized carbons (Fsp3) is 0.712. The third-order valence-electron chi connectivity index (χ3n) is 15.2. The van der Waals surface area contributed by atoms with E-state index >= 15 is 0 Å². The van der Waals surface area contributed by atoms with Crippen molar-refractivity contribution in [1.29, 1.82) is 0 Å². The van der Waals surface area contributed by atoms with E-state index in [1.54, 1.807) is 38.1 Å². The number of hydrogen-bond donors (Lipinski definition) is 15. The lowest BCUT2D eigenvalue weighted by atomic mass is 9.89. The van der Waals surface area contributed by atoms with Crippen molar-refractivity contribution in [2.24, 2.45) is 58.3 Å². The minimum Gasteiger partial charge on any atom is -0.391 e. The van der Waals surface area contributed by atoms with Gasteiger partial charge in [0.25, 0.3) is 0 Å². The Morgan fingerprint density at radius 2 is 1.17 bits per heavy atom. The van der Waals surface area contributed by atoms with Crippen LogP contribution in [0.15, 0.2) is 24.3 Å². The van der Waals surface area contributed by atoms with E-state index in [0.717, 1.165) is 19.3 Å². The van der Waals surface area contributed by atoms with Crippen LogP contribution in [-0.4, -0.2) is 169 Å². The first kappa shape index (κ1) is 76.1. The fourth-order valence-corrected chi connectivity index (χ4v) is 10.1. The molecule has 0 unspecified atom stereocenters. The van der Waals surface area contributed by atoms with Crippen LogP contribution in [0.1, 0.15) is 143 Å². The van der Waals surface area contributed by atoms with Crippen LogP contribution < -0.4 is 71.2 Å². The van der Waals surface area contributed by atoms with Crippen LogP contribution in [0.3, 0.4) is 0 Å². The number of halogens is 1. The van der Waals surface area contributed by atoms with Crippen LogP contribution in [0, 0.1) is 29.6 Å². The van der Waals surface area contributed by atoms with Gasteiger partial charge in [0, 0.05) is 55.0 Å². The van der Waals surface area contributed by atoms with Gasteiger partial charge in [-0.15, -0.1) is 0 Å². The maximum Gasteiger partial charge on any atom is 0.245 e. The van der Waals surface area contributed by atoms with Gasteiger partial charge in [-0.05, 0) is 134 Å². The van der Waals surface area contributed by atoms with E-state index < -0.39 is 157 Å². The molecule has 0 spiro atoms. The predicted molar refractivity (Wildman–Crippen MR) is 325 cm³/mol. The van der Waals surface area contributed by atoms with Gasteiger partial charge in [-0.25, -0.2) is 0 Å². The topological polar surface area (TPSA) is 455 Å². The lowest BCUT2D eigenvalue weighted by molar-refractivity contribution is -0.137. The number of carbonyl (C=O) groups is 11. The molecule has 1 fully saturated rings. The molecule has 26 nitrogen and oxygen atoms in total. The van der Waals surface area contributed by atoms with E-state index in [1.807, 2.05) is 0 Å². The molecule has 0 aromatic heterocycles. The Balaban J connectivity index is 2.69. The summed E-state index contributed by atoms with van der Waals surface area (Å²) in [5.74, 6) is -11.5. The highest BCUT2D eigenvalue weighted by Crippen LogP contribution is 2.21. The Hall–Kier alpha value is -6.00. The summed E-state index contributed by atoms with van der Waals surface area (Å²) in [4.78, 5) is 155. The van der Waals surface area contributed by atoms with Crippen LogP contribution >= 0.6 is 11.6 Å². The molecular formula is C59H100ClN13O13. The third-order valence-corrected chi connectivity index (χ3v) is 15.5. The number of carbonyl (C=O) groups excluding carboxylic acids is 11. The lowest BCUT2D eigenvalue weighted by Gasteiger charge is -2.28. The summed E-state index contributed by atoms with van der Waals surface area (Å²) in [7, 11) is 0. The number of hydrogen-bond acceptors (Lipinski definition) is 18. The fourth-order valence-electron chi connectivity index (χ4n) is 9.94. The predicted octanol–water partition coefficient (Wildman–Crippen LogP) is -1.32. The maximum atomic E-state index is 14.6. The summed E-state index contributed by atoms with van der Waals surface area (Å²) < 4.78 is 0. The molecule has 1 heterocycles. The normalized spacial score (nSPS) is 23.0. The summed E-state index contributed by atoms with van der Waals surface area (Å²) in [6, 6.07) is -3.77. The number of benzene rings is 1. The van der Waals surface area contributed by atoms with E-state index in [-0.39, 0.29) is 102 Å². The monoisotopic (exact) mass is 1230 g/mol. The third kappa shape index (κ3) is 27.4. The van der Waals surface area contributed by atoms with Gasteiger partial charge >= 0.3 is 0 Å². The van der Waals surface area contributed by atoms with Gasteiger partial charge in [0.15, 0.2) is 11.6 Å². The standard InChI is InChI=1S/C59H100ClN13O13/c1-7-34(4)10-8-9-11-42(76)30-38(16-22-61)53(80)72-50(35(5)74)49(78)31-39(17-23-62)52(79)68-46-21-27-66-59(86)51(36(6)75)73-57(84)45(20-26-65)69-55(82)44(19-25-64)70-58(85)47(28-33(2)3)71-54(81)40(29-37-12-14-41(60)15-13-37)32-48(77)43(18-24-63)67-56(46)83/h12-15,33-36,38-40,43-47,50-51,74-75H,7-11,16-32,61-65H2,1-6H3,(H,66,86)(H,67,83)(H,68,79)(H,69,82)(H,70,85)(H,71,81)(H,72,80)(H,73,84)/t34-,35+,36+,38+,39+,40-,43-,44-,45-,46-,47-,50-,51-/m0/s1. The minimum absolute atomic E-state index is 0.0536. The van der Waals surface area contributed by atoms with Gasteiger partial charge in [-0.1, -0.05) is 70.7 Å². The van der Waals surface area contributed by atoms with Crippen LogP contribution in [0.2, 0.25) is 5.02 Å². The molecule has 13 atom stereocenters. The molecule has 20 N–H and O–H groups in total. The lowest BCUT2D eigenvalue weighted by Crippen LogP contribution is -2.60. The average Bonchev–Trinajstić information content (AvgIpc) is 3.59. The van der Waals surface area contributed by atoms with Crippen molar-refractivity contribution in [3.05, 3.63) is 34.9 Å². The minimum atomic E-state index is -1.67. The van der Waals surface area contributed by atoms with Crippen LogP contribution in [0.25, 0.3) is 0 Å². The van der Waals surface area contributed by atoms with Gasteiger partial charge in [-0.2, -0.15) is 0 Å². The van der Waals surface area contributed by atoms with E-state index in [2.05, 4.69) is 56.4 Å². The number of amides is 8. The molecule has 1 aliphatic rings. The SMILES string of the molecule is CC[C@H](C)CCCCC(=O)C[C@@H](CCN)C(=O)N[C@H](C(=O)C[C@@H](CCN)C(=O)N[C@H]1CCNC(=O)[C@H]([C@@H](C)O)NC(=O)[C@H](CCN)NC(=O)[C@H](CCN)NC(=O)[C@H](CC(C)C)NC(=O)[C@@H](Cc2ccc(Cl)cc2)CC(=O)[C@H](CCN)NC1=O)[C@@H](C)O. The molecular weight excluding hydrogens is 1130 g/mol. The highest BCUT2D eigenvalue weighted by molar-refractivity contribution is 6.30. The molecule has 1 aromatic carbocycles. The van der Waals surface area contributed by atoms with Crippen LogP contribution in [-0.2, 0) is 59.2 Å². The molecule has 8 amide bonds. The average molecular weight is 1230 g/mol. The molecule has 86 heavy (non-hydrogen) atoms. The summed E-state index contributed by atoms with van der Waals surface area (Å²) >= 11 is 6.19. The number of unbranched alkanes of at least 4 members (excludes halogenated alkanes) is 1. The molecule has 0 bridgehead atoms. The van der Waals surface area contributed by atoms with E-state index in [0.29, 0.717) is 22.9 Å². The Kier molecular flexibility index (Phi) is 35.8. The first-order valence-electron chi connectivity index (χ1n) is 30.3. The summed E-state index contributed by atoms with van der Waals surface area (Å²) in [6.45, 7) is 9.37. The molecule has 0 aliphatic carbocycles. The maximum absolute atomic E-state index is 14.6. The Morgan fingerprint density at radius 1 is 0.640 bits per heavy atom. The molecule has 2 rings (SSSR count). The second kappa shape index (κ2) is 40.5. The van der Waals surface area contributed by atoms with Crippen molar-refractivity contribution >= 4 is 76.2 Å². The van der Waals surface area contributed by atoms with Crippen molar-refractivity contribution < 1.29 is 63.0 Å². The first-order chi connectivity index (χ1) is 40.7.